The van der Waals surface area contributed by atoms with Crippen LogP contribution in [-0.4, -0.2) is 16.5 Å². The van der Waals surface area contributed by atoms with Gasteiger partial charge in [-0.3, -0.25) is 0 Å². The Bertz CT molecular complexity index is 658. The van der Waals surface area contributed by atoms with Gasteiger partial charge in [-0.15, -0.1) is 0 Å². The Morgan fingerprint density at radius 3 is 2.64 bits per heavy atom. The van der Waals surface area contributed by atoms with Crippen molar-refractivity contribution >= 4 is 5.71 Å². The summed E-state index contributed by atoms with van der Waals surface area (Å²) < 4.78 is 1.24. The summed E-state index contributed by atoms with van der Waals surface area (Å²) >= 11 is 0. The van der Waals surface area contributed by atoms with Crippen molar-refractivity contribution < 1.29 is 4.74 Å². The first-order valence-electron chi connectivity index (χ1n) is 8.33. The number of allylic oxidation sites excluding steroid dienone is 2. The van der Waals surface area contributed by atoms with Crippen molar-refractivity contribution in [3.05, 3.63) is 52.2 Å². The molecule has 0 radical (unpaired) electrons. The fraction of sp³-hybridized carbons (Fsp3) is 0.450. The van der Waals surface area contributed by atoms with Crippen LogP contribution in [0.5, 0.6) is 0 Å². The highest BCUT2D eigenvalue weighted by Crippen LogP contribution is 2.29. The standard InChI is InChI=1S/C20H23NO/c1-16-14-15-20(21(16)22)19-13-6-5-11-18(19)12-7-10-17-8-3-2-4-9-17/h2-4,8-9,16H,5-6,10-11,13-15H2,1H3. The predicted molar refractivity (Wildman–Crippen MR) is 90.7 cm³/mol. The molecule has 0 spiro atoms. The lowest BCUT2D eigenvalue weighted by molar-refractivity contribution is -0.487. The maximum atomic E-state index is 12.2. The number of rotatable bonds is 2. The SMILES string of the molecule is CC1CCC(C2=C(C#CCc3ccccc3)CCCC2)=[N+]1[O-]. The van der Waals surface area contributed by atoms with Crippen LogP contribution in [-0.2, 0) is 6.42 Å². The maximum absolute atomic E-state index is 12.2. The summed E-state index contributed by atoms with van der Waals surface area (Å²) in [5, 5.41) is 12.2. The molecule has 2 aliphatic rings. The Morgan fingerprint density at radius 1 is 1.14 bits per heavy atom. The Balaban J connectivity index is 1.83. The van der Waals surface area contributed by atoms with E-state index in [1.165, 1.54) is 34.3 Å². The van der Waals surface area contributed by atoms with E-state index in [1.807, 2.05) is 25.1 Å². The first-order chi connectivity index (χ1) is 10.8. The van der Waals surface area contributed by atoms with E-state index in [-0.39, 0.29) is 6.04 Å². The third-order valence-electron chi connectivity index (χ3n) is 4.66. The summed E-state index contributed by atoms with van der Waals surface area (Å²) in [6.07, 6.45) is 7.12. The fourth-order valence-corrected chi connectivity index (χ4v) is 3.33. The molecule has 114 valence electrons. The molecule has 1 aromatic rings. The summed E-state index contributed by atoms with van der Waals surface area (Å²) in [5.74, 6) is 6.68. The molecule has 0 aromatic heterocycles. The van der Waals surface area contributed by atoms with Crippen LogP contribution in [0.4, 0.5) is 0 Å². The van der Waals surface area contributed by atoms with Crippen molar-refractivity contribution in [1.29, 1.82) is 0 Å². The van der Waals surface area contributed by atoms with Crippen LogP contribution in [0.25, 0.3) is 0 Å². The third kappa shape index (κ3) is 3.25. The van der Waals surface area contributed by atoms with Gasteiger partial charge in [-0.1, -0.05) is 42.2 Å². The van der Waals surface area contributed by atoms with E-state index < -0.39 is 0 Å². The highest BCUT2D eigenvalue weighted by molar-refractivity contribution is 5.98. The number of nitrogens with zero attached hydrogens (tertiary/aromatic N) is 1. The molecule has 1 aliphatic heterocycles. The summed E-state index contributed by atoms with van der Waals surface area (Å²) in [7, 11) is 0. The zero-order chi connectivity index (χ0) is 15.4. The minimum Gasteiger partial charge on any atom is -0.623 e. The van der Waals surface area contributed by atoms with Crippen molar-refractivity contribution in [2.24, 2.45) is 0 Å². The average Bonchev–Trinajstić information content (AvgIpc) is 2.88. The number of hydroxylamine groups is 1. The van der Waals surface area contributed by atoms with Crippen LogP contribution in [0.1, 0.15) is 51.0 Å². The van der Waals surface area contributed by atoms with Crippen LogP contribution in [0.15, 0.2) is 41.5 Å². The van der Waals surface area contributed by atoms with Gasteiger partial charge in [0.25, 0.3) is 0 Å². The van der Waals surface area contributed by atoms with Gasteiger partial charge < -0.3 is 5.21 Å². The lowest BCUT2D eigenvalue weighted by Crippen LogP contribution is -2.18. The second kappa shape index (κ2) is 6.83. The summed E-state index contributed by atoms with van der Waals surface area (Å²) in [6, 6.07) is 10.5. The highest BCUT2D eigenvalue weighted by Gasteiger charge is 2.30. The first-order valence-corrected chi connectivity index (χ1v) is 8.33. The van der Waals surface area contributed by atoms with Crippen molar-refractivity contribution in [2.45, 2.75) is 57.9 Å². The Hall–Kier alpha value is -2.01. The fourth-order valence-electron chi connectivity index (χ4n) is 3.33. The predicted octanol–water partition coefficient (Wildman–Crippen LogP) is 4.24. The van der Waals surface area contributed by atoms with Gasteiger partial charge in [0, 0.05) is 30.4 Å². The van der Waals surface area contributed by atoms with Crippen LogP contribution in [0, 0.1) is 17.0 Å². The molecule has 3 rings (SSSR count). The van der Waals surface area contributed by atoms with E-state index in [4.69, 9.17) is 0 Å². The highest BCUT2D eigenvalue weighted by atomic mass is 16.5. The lowest BCUT2D eigenvalue weighted by Gasteiger charge is -2.16. The molecular weight excluding hydrogens is 270 g/mol. The van der Waals surface area contributed by atoms with Crippen LogP contribution < -0.4 is 0 Å². The van der Waals surface area contributed by atoms with Gasteiger partial charge in [0.15, 0.2) is 11.8 Å². The quantitative estimate of drug-likeness (QED) is 0.455. The maximum Gasteiger partial charge on any atom is 0.191 e. The molecule has 2 nitrogen and oxygen atoms in total. The summed E-state index contributed by atoms with van der Waals surface area (Å²) in [4.78, 5) is 0. The van der Waals surface area contributed by atoms with E-state index in [0.717, 1.165) is 37.8 Å². The molecule has 0 fully saturated rings. The molecule has 22 heavy (non-hydrogen) atoms. The van der Waals surface area contributed by atoms with Gasteiger partial charge in [0.05, 0.1) is 0 Å². The molecule has 0 amide bonds. The topological polar surface area (TPSA) is 26.1 Å². The number of hydrogen-bond donors (Lipinski definition) is 0. The molecule has 0 bridgehead atoms. The second-order valence-electron chi connectivity index (χ2n) is 6.29. The lowest BCUT2D eigenvalue weighted by atomic mass is 9.88. The van der Waals surface area contributed by atoms with Gasteiger partial charge in [0.2, 0.25) is 0 Å². The Kier molecular flexibility index (Phi) is 4.63. The number of benzene rings is 1. The smallest absolute Gasteiger partial charge is 0.191 e. The first kappa shape index (κ1) is 14.9. The number of hydrogen-bond acceptors (Lipinski definition) is 1. The zero-order valence-corrected chi connectivity index (χ0v) is 13.3. The molecule has 0 saturated carbocycles. The monoisotopic (exact) mass is 293 g/mol. The van der Waals surface area contributed by atoms with Crippen LogP contribution >= 0.6 is 0 Å². The van der Waals surface area contributed by atoms with Gasteiger partial charge in [-0.2, -0.15) is 0 Å². The molecule has 0 N–H and O–H groups in total. The van der Waals surface area contributed by atoms with Gasteiger partial charge in [-0.05, 0) is 38.2 Å². The summed E-state index contributed by atoms with van der Waals surface area (Å²) in [5.41, 5.74) is 4.73. The van der Waals surface area contributed by atoms with Crippen molar-refractivity contribution in [3.8, 4) is 11.8 Å². The van der Waals surface area contributed by atoms with Crippen molar-refractivity contribution in [3.63, 3.8) is 0 Å². The second-order valence-corrected chi connectivity index (χ2v) is 6.29. The van der Waals surface area contributed by atoms with E-state index in [0.29, 0.717) is 0 Å². The van der Waals surface area contributed by atoms with Crippen LogP contribution in [0.2, 0.25) is 0 Å². The van der Waals surface area contributed by atoms with E-state index in [1.54, 1.807) is 0 Å². The molecule has 1 unspecified atom stereocenters. The molecule has 1 heterocycles. The zero-order valence-electron chi connectivity index (χ0n) is 13.3. The molecule has 1 atom stereocenters. The third-order valence-corrected chi connectivity index (χ3v) is 4.66. The van der Waals surface area contributed by atoms with E-state index in [9.17, 15) is 5.21 Å². The summed E-state index contributed by atoms with van der Waals surface area (Å²) in [6.45, 7) is 2.02. The van der Waals surface area contributed by atoms with Gasteiger partial charge >= 0.3 is 0 Å². The minimum absolute atomic E-state index is 0.128. The minimum atomic E-state index is 0.128. The molecule has 1 aromatic carbocycles. The van der Waals surface area contributed by atoms with E-state index >= 15 is 0 Å². The Labute approximate surface area is 133 Å². The van der Waals surface area contributed by atoms with Crippen molar-refractivity contribution in [2.75, 3.05) is 0 Å². The molecular formula is C20H23NO. The normalized spacial score (nSPS) is 21.8. The largest absolute Gasteiger partial charge is 0.623 e. The molecule has 1 aliphatic carbocycles. The average molecular weight is 293 g/mol. The van der Waals surface area contributed by atoms with E-state index in [2.05, 4.69) is 24.0 Å². The molecule has 2 heteroatoms. The molecule has 0 saturated heterocycles. The van der Waals surface area contributed by atoms with Crippen molar-refractivity contribution in [1.82, 2.24) is 0 Å². The van der Waals surface area contributed by atoms with Gasteiger partial charge in [0.1, 0.15) is 0 Å². The van der Waals surface area contributed by atoms with Gasteiger partial charge in [-0.25, -0.2) is 4.74 Å². The Morgan fingerprint density at radius 2 is 1.91 bits per heavy atom. The van der Waals surface area contributed by atoms with Crippen LogP contribution in [0.3, 0.4) is 0 Å².